The van der Waals surface area contributed by atoms with E-state index in [-0.39, 0.29) is 69.8 Å². The Morgan fingerprint density at radius 3 is 2.22 bits per heavy atom. The topological polar surface area (TPSA) is 117 Å². The van der Waals surface area contributed by atoms with Crippen molar-refractivity contribution in [3.05, 3.63) is 41.3 Å². The summed E-state index contributed by atoms with van der Waals surface area (Å²) in [7, 11) is 0. The minimum atomic E-state index is -4.64. The van der Waals surface area contributed by atoms with Gasteiger partial charge in [-0.25, -0.2) is 0 Å². The number of carbonyl (C=O) groups is 2. The number of nitrogens with zero attached hydrogens (tertiary/aromatic N) is 5. The first kappa shape index (κ1) is 30.4. The SMILES string of the molecule is CC.N/C(=N\O)C1CN(C(=O)c2cnn(CC3=CC=C(C(F)(F)F)CC3)c2)CC12CN(C(=O)C1(C(F)(F)F)CC1)C2. The van der Waals surface area contributed by atoms with Crippen molar-refractivity contribution < 1.29 is 41.1 Å². The number of aromatic nitrogens is 2. The molecule has 2 amide bonds. The number of nitrogens with two attached hydrogens (primary N) is 1. The van der Waals surface area contributed by atoms with Crippen molar-refractivity contribution >= 4 is 17.6 Å². The Morgan fingerprint density at radius 1 is 1.07 bits per heavy atom. The molecule has 1 saturated carbocycles. The minimum Gasteiger partial charge on any atom is -0.409 e. The number of alkyl halides is 6. The van der Waals surface area contributed by atoms with Gasteiger partial charge >= 0.3 is 12.4 Å². The molecule has 1 aromatic rings. The first-order valence-electron chi connectivity index (χ1n) is 13.3. The molecule has 5 rings (SSSR count). The molecule has 2 aliphatic carbocycles. The molecule has 1 spiro atoms. The Morgan fingerprint density at radius 2 is 1.71 bits per heavy atom. The van der Waals surface area contributed by atoms with Gasteiger partial charge in [0.1, 0.15) is 11.3 Å². The Balaban J connectivity index is 0.00000189. The van der Waals surface area contributed by atoms with Crippen molar-refractivity contribution in [2.45, 2.75) is 58.4 Å². The third kappa shape index (κ3) is 5.54. The molecule has 226 valence electrons. The lowest BCUT2D eigenvalue weighted by Gasteiger charge is -2.51. The molecule has 4 aliphatic rings. The van der Waals surface area contributed by atoms with Gasteiger partial charge in [0.2, 0.25) is 5.91 Å². The zero-order valence-electron chi connectivity index (χ0n) is 22.6. The Bertz CT molecular complexity index is 1270. The number of hydrogen-bond donors (Lipinski definition) is 2. The monoisotopic (exact) mass is 590 g/mol. The second-order valence-corrected chi connectivity index (χ2v) is 10.8. The Labute approximate surface area is 232 Å². The molecule has 1 aromatic heterocycles. The van der Waals surface area contributed by atoms with Gasteiger partial charge in [0, 0.05) is 49.3 Å². The number of halogens is 6. The molecule has 0 aromatic carbocycles. The van der Waals surface area contributed by atoms with E-state index in [9.17, 15) is 41.1 Å². The summed E-state index contributed by atoms with van der Waals surface area (Å²) in [4.78, 5) is 28.5. The quantitative estimate of drug-likeness (QED) is 0.176. The highest BCUT2D eigenvalue weighted by atomic mass is 19.4. The number of likely N-dealkylation sites (tertiary alicyclic amines) is 2. The van der Waals surface area contributed by atoms with Gasteiger partial charge in [-0.1, -0.05) is 31.2 Å². The lowest BCUT2D eigenvalue weighted by atomic mass is 9.70. The molecule has 1 atom stereocenters. The zero-order valence-corrected chi connectivity index (χ0v) is 22.6. The summed E-state index contributed by atoms with van der Waals surface area (Å²) >= 11 is 0. The van der Waals surface area contributed by atoms with Gasteiger partial charge in [-0.15, -0.1) is 0 Å². The summed E-state index contributed by atoms with van der Waals surface area (Å²) in [5, 5.41) is 16.5. The van der Waals surface area contributed by atoms with Gasteiger partial charge in [-0.05, 0) is 31.3 Å². The first-order valence-corrected chi connectivity index (χ1v) is 13.3. The number of allylic oxidation sites excluding steroid dienone is 4. The lowest BCUT2D eigenvalue weighted by Crippen LogP contribution is -2.65. The minimum absolute atomic E-state index is 0.0303. The lowest BCUT2D eigenvalue weighted by molar-refractivity contribution is -0.204. The van der Waals surface area contributed by atoms with Gasteiger partial charge in [0.15, 0.2) is 0 Å². The van der Waals surface area contributed by atoms with Gasteiger partial charge in [0.05, 0.1) is 18.3 Å². The van der Waals surface area contributed by atoms with Crippen LogP contribution in [0, 0.1) is 16.7 Å². The van der Waals surface area contributed by atoms with E-state index in [1.165, 1.54) is 28.1 Å². The third-order valence-electron chi connectivity index (χ3n) is 8.25. The number of carbonyl (C=O) groups excluding carboxylic acids is 2. The Hall–Kier alpha value is -3.52. The standard InChI is InChI=1S/C24H26F6N6O3.C2H6/c25-23(26,27)16-3-1-14(2-4-16)8-36-9-15(7-32-36)19(37)34-10-17(18(31)33-39)21(11-34)12-35(13-21)20(38)22(5-6-22)24(28,29)30;1-2/h1,3,7,9,17,39H,2,4-6,8,10-13H2,(H2,31,33);1-2H3. The molecule has 41 heavy (non-hydrogen) atoms. The van der Waals surface area contributed by atoms with Crippen LogP contribution in [0.3, 0.4) is 0 Å². The molecule has 2 aliphatic heterocycles. The summed E-state index contributed by atoms with van der Waals surface area (Å²) in [5.41, 5.74) is 2.99. The molecule has 9 nitrogen and oxygen atoms in total. The van der Waals surface area contributed by atoms with E-state index >= 15 is 0 Å². The van der Waals surface area contributed by atoms with Gasteiger partial charge in [0.25, 0.3) is 5.91 Å². The maximum Gasteiger partial charge on any atom is 0.412 e. The number of oxime groups is 1. The van der Waals surface area contributed by atoms with Crippen molar-refractivity contribution in [3.8, 4) is 0 Å². The summed E-state index contributed by atoms with van der Waals surface area (Å²) in [6.45, 7) is 4.19. The van der Waals surface area contributed by atoms with Crippen molar-refractivity contribution in [1.29, 1.82) is 0 Å². The van der Waals surface area contributed by atoms with Crippen LogP contribution in [0.2, 0.25) is 0 Å². The van der Waals surface area contributed by atoms with Crippen LogP contribution in [0.25, 0.3) is 0 Å². The summed E-state index contributed by atoms with van der Waals surface area (Å²) in [5.74, 6) is -2.28. The van der Waals surface area contributed by atoms with Crippen LogP contribution in [-0.4, -0.2) is 81.0 Å². The van der Waals surface area contributed by atoms with Gasteiger partial charge in [-0.3, -0.25) is 14.3 Å². The van der Waals surface area contributed by atoms with Crippen LogP contribution in [-0.2, 0) is 11.3 Å². The molecular formula is C26H32F6N6O3. The number of amidine groups is 1. The van der Waals surface area contributed by atoms with Crippen LogP contribution in [0.5, 0.6) is 0 Å². The molecule has 0 radical (unpaired) electrons. The van der Waals surface area contributed by atoms with Crippen molar-refractivity contribution in [1.82, 2.24) is 19.6 Å². The molecule has 15 heteroatoms. The molecule has 2 saturated heterocycles. The van der Waals surface area contributed by atoms with Crippen molar-refractivity contribution in [3.63, 3.8) is 0 Å². The number of hydrogen-bond acceptors (Lipinski definition) is 5. The highest BCUT2D eigenvalue weighted by Crippen LogP contribution is 2.60. The van der Waals surface area contributed by atoms with Crippen LogP contribution < -0.4 is 5.73 Å². The first-order chi connectivity index (χ1) is 19.2. The fraction of sp³-hybridized carbons (Fsp3) is 0.615. The maximum atomic E-state index is 13.4. The molecule has 3 fully saturated rings. The predicted molar refractivity (Wildman–Crippen MR) is 135 cm³/mol. The van der Waals surface area contributed by atoms with Crippen molar-refractivity contribution in [2.24, 2.45) is 27.6 Å². The van der Waals surface area contributed by atoms with Crippen LogP contribution in [0.1, 0.15) is 49.9 Å². The van der Waals surface area contributed by atoms with Crippen LogP contribution >= 0.6 is 0 Å². The average Bonchev–Trinajstić information content (AvgIpc) is 3.46. The van der Waals surface area contributed by atoms with Crippen LogP contribution in [0.4, 0.5) is 26.3 Å². The normalized spacial score (nSPS) is 23.3. The van der Waals surface area contributed by atoms with Crippen LogP contribution in [0.15, 0.2) is 40.8 Å². The summed E-state index contributed by atoms with van der Waals surface area (Å²) in [6, 6.07) is 0. The van der Waals surface area contributed by atoms with E-state index in [2.05, 4.69) is 10.3 Å². The maximum absolute atomic E-state index is 13.4. The van der Waals surface area contributed by atoms with E-state index in [0.29, 0.717) is 5.57 Å². The third-order valence-corrected chi connectivity index (χ3v) is 8.25. The fourth-order valence-electron chi connectivity index (χ4n) is 5.82. The number of rotatable bonds is 5. The molecule has 3 N–H and O–H groups in total. The largest absolute Gasteiger partial charge is 0.412 e. The van der Waals surface area contributed by atoms with E-state index in [1.54, 1.807) is 0 Å². The average molecular weight is 591 g/mol. The highest BCUT2D eigenvalue weighted by Gasteiger charge is 2.71. The summed E-state index contributed by atoms with van der Waals surface area (Å²) < 4.78 is 80.2. The fourth-order valence-corrected chi connectivity index (χ4v) is 5.82. The van der Waals surface area contributed by atoms with E-state index in [1.807, 2.05) is 13.8 Å². The highest BCUT2D eigenvalue weighted by molar-refractivity contribution is 5.95. The van der Waals surface area contributed by atoms with E-state index in [0.717, 1.165) is 11.0 Å². The predicted octanol–water partition coefficient (Wildman–Crippen LogP) is 4.11. The van der Waals surface area contributed by atoms with E-state index in [4.69, 9.17) is 5.73 Å². The molecule has 0 bridgehead atoms. The molecular weight excluding hydrogens is 558 g/mol. The molecule has 1 unspecified atom stereocenters. The molecule has 3 heterocycles. The van der Waals surface area contributed by atoms with Gasteiger partial charge < -0.3 is 20.7 Å². The number of amides is 2. The smallest absolute Gasteiger partial charge is 0.409 e. The van der Waals surface area contributed by atoms with Gasteiger partial charge in [-0.2, -0.15) is 31.4 Å². The van der Waals surface area contributed by atoms with E-state index < -0.39 is 46.5 Å². The Kier molecular flexibility index (Phi) is 7.95. The van der Waals surface area contributed by atoms with Crippen molar-refractivity contribution in [2.75, 3.05) is 26.2 Å². The zero-order chi connectivity index (χ0) is 30.4. The summed E-state index contributed by atoms with van der Waals surface area (Å²) in [6.07, 6.45) is -4.23. The second-order valence-electron chi connectivity index (χ2n) is 10.8. The second kappa shape index (κ2) is 10.7.